The van der Waals surface area contributed by atoms with Gasteiger partial charge in [-0.2, -0.15) is 13.2 Å². The summed E-state index contributed by atoms with van der Waals surface area (Å²) in [5.41, 5.74) is -1.81. The number of ether oxygens (including phenoxy) is 1. The maximum absolute atomic E-state index is 13.9. The predicted octanol–water partition coefficient (Wildman–Crippen LogP) is 2.23. The van der Waals surface area contributed by atoms with Gasteiger partial charge >= 0.3 is 12.1 Å². The molecule has 1 unspecified atom stereocenters. The first-order valence-corrected chi connectivity index (χ1v) is 6.06. The molecule has 0 saturated heterocycles. The van der Waals surface area contributed by atoms with Gasteiger partial charge in [-0.05, 0) is 17.7 Å². The highest BCUT2D eigenvalue weighted by molar-refractivity contribution is 5.91. The molecule has 1 N–H and O–H groups in total. The molecule has 4 nitrogen and oxygen atoms in total. The Bertz CT molecular complexity index is 584. The summed E-state index contributed by atoms with van der Waals surface area (Å²) in [6.45, 7) is 3.18. The molecule has 22 heavy (non-hydrogen) atoms. The minimum atomic E-state index is -4.86. The van der Waals surface area contributed by atoms with Crippen molar-refractivity contribution in [2.75, 3.05) is 7.11 Å². The van der Waals surface area contributed by atoms with Gasteiger partial charge in [0.15, 0.2) is 0 Å². The van der Waals surface area contributed by atoms with Crippen LogP contribution in [0.1, 0.15) is 11.1 Å². The second-order valence-electron chi connectivity index (χ2n) is 4.27. The third-order valence-corrected chi connectivity index (χ3v) is 2.80. The molecule has 8 heteroatoms. The lowest BCUT2D eigenvalue weighted by Gasteiger charge is -2.17. The highest BCUT2D eigenvalue weighted by Crippen LogP contribution is 2.32. The van der Waals surface area contributed by atoms with E-state index in [1.165, 1.54) is 0 Å². The predicted molar refractivity (Wildman–Crippen MR) is 69.2 cm³/mol. The van der Waals surface area contributed by atoms with Crippen LogP contribution in [-0.4, -0.2) is 25.0 Å². The van der Waals surface area contributed by atoms with Crippen molar-refractivity contribution in [2.24, 2.45) is 0 Å². The van der Waals surface area contributed by atoms with Crippen molar-refractivity contribution < 1.29 is 31.9 Å². The lowest BCUT2D eigenvalue weighted by Crippen LogP contribution is -2.42. The maximum atomic E-state index is 13.9. The maximum Gasteiger partial charge on any atom is 0.419 e. The fraction of sp³-hybridized carbons (Fsp3) is 0.286. The molecule has 1 aromatic carbocycles. The normalized spacial score (nSPS) is 12.4. The number of hydrogen-bond acceptors (Lipinski definition) is 3. The molecule has 0 saturated carbocycles. The van der Waals surface area contributed by atoms with Gasteiger partial charge in [0.1, 0.15) is 11.9 Å². The third-order valence-electron chi connectivity index (χ3n) is 2.80. The van der Waals surface area contributed by atoms with Crippen LogP contribution >= 0.6 is 0 Å². The molecular weight excluding hydrogens is 306 g/mol. The SMILES string of the molecule is C=CC(=O)NC(Cc1cccc(C(F)(F)F)c1F)C(=O)OC. The van der Waals surface area contributed by atoms with Crippen LogP contribution in [0.25, 0.3) is 0 Å². The molecule has 0 aliphatic heterocycles. The van der Waals surface area contributed by atoms with Gasteiger partial charge < -0.3 is 10.1 Å². The number of benzene rings is 1. The van der Waals surface area contributed by atoms with Crippen LogP contribution in [0, 0.1) is 5.82 Å². The van der Waals surface area contributed by atoms with Gasteiger partial charge in [-0.1, -0.05) is 18.7 Å². The summed E-state index contributed by atoms with van der Waals surface area (Å²) in [5.74, 6) is -3.13. The molecule has 0 radical (unpaired) electrons. The van der Waals surface area contributed by atoms with E-state index in [0.717, 1.165) is 25.3 Å². The van der Waals surface area contributed by atoms with Crippen molar-refractivity contribution in [3.8, 4) is 0 Å². The average Bonchev–Trinajstić information content (AvgIpc) is 2.46. The van der Waals surface area contributed by atoms with E-state index < -0.39 is 41.9 Å². The van der Waals surface area contributed by atoms with Crippen LogP contribution in [0.3, 0.4) is 0 Å². The van der Waals surface area contributed by atoms with E-state index in [1.807, 2.05) is 0 Å². The number of carbonyl (C=O) groups is 2. The van der Waals surface area contributed by atoms with E-state index in [9.17, 15) is 27.2 Å². The minimum Gasteiger partial charge on any atom is -0.467 e. The van der Waals surface area contributed by atoms with E-state index in [2.05, 4.69) is 16.6 Å². The monoisotopic (exact) mass is 319 g/mol. The fourth-order valence-electron chi connectivity index (χ4n) is 1.74. The van der Waals surface area contributed by atoms with Crippen molar-refractivity contribution in [3.05, 3.63) is 47.8 Å². The van der Waals surface area contributed by atoms with Crippen LogP contribution in [-0.2, 0) is 26.9 Å². The zero-order chi connectivity index (χ0) is 16.9. The summed E-state index contributed by atoms with van der Waals surface area (Å²) in [5, 5.41) is 2.17. The second kappa shape index (κ2) is 7.06. The van der Waals surface area contributed by atoms with Crippen LogP contribution in [0.15, 0.2) is 30.9 Å². The first-order valence-electron chi connectivity index (χ1n) is 6.06. The molecule has 0 aliphatic carbocycles. The van der Waals surface area contributed by atoms with Crippen molar-refractivity contribution in [1.82, 2.24) is 5.32 Å². The zero-order valence-electron chi connectivity index (χ0n) is 11.5. The Morgan fingerprint density at radius 2 is 2.05 bits per heavy atom. The molecular formula is C14H13F4NO3. The average molecular weight is 319 g/mol. The molecule has 1 atom stereocenters. The van der Waals surface area contributed by atoms with Crippen LogP contribution in [0.4, 0.5) is 17.6 Å². The molecule has 0 aromatic heterocycles. The quantitative estimate of drug-likeness (QED) is 0.514. The van der Waals surface area contributed by atoms with Gasteiger partial charge in [0.25, 0.3) is 0 Å². The Balaban J connectivity index is 3.11. The summed E-state index contributed by atoms with van der Waals surface area (Å²) < 4.78 is 56.3. The standard InChI is InChI=1S/C14H13F4NO3/c1-3-11(20)19-10(13(21)22-2)7-8-5-4-6-9(12(8)15)14(16,17)18/h3-6,10H,1,7H2,2H3,(H,19,20). The number of halogens is 4. The minimum absolute atomic E-state index is 0.366. The Hall–Kier alpha value is -2.38. The summed E-state index contributed by atoms with van der Waals surface area (Å²) in [4.78, 5) is 22.8. The molecule has 0 bridgehead atoms. The van der Waals surface area contributed by atoms with Crippen molar-refractivity contribution in [2.45, 2.75) is 18.6 Å². The number of methoxy groups -OCH3 is 1. The summed E-state index contributed by atoms with van der Waals surface area (Å²) in [7, 11) is 1.04. The number of esters is 1. The molecule has 1 rings (SSSR count). The number of carbonyl (C=O) groups excluding carboxylic acids is 2. The van der Waals surface area contributed by atoms with Gasteiger partial charge in [-0.25, -0.2) is 9.18 Å². The molecule has 0 spiro atoms. The first kappa shape index (κ1) is 17.7. The Labute approximate surface area is 123 Å². The molecule has 1 aromatic rings. The number of hydrogen-bond donors (Lipinski definition) is 1. The van der Waals surface area contributed by atoms with E-state index in [4.69, 9.17) is 0 Å². The van der Waals surface area contributed by atoms with Gasteiger partial charge in [-0.15, -0.1) is 0 Å². The third kappa shape index (κ3) is 4.31. The molecule has 1 amide bonds. The lowest BCUT2D eigenvalue weighted by atomic mass is 10.0. The fourth-order valence-corrected chi connectivity index (χ4v) is 1.74. The largest absolute Gasteiger partial charge is 0.467 e. The summed E-state index contributed by atoms with van der Waals surface area (Å²) >= 11 is 0. The zero-order valence-corrected chi connectivity index (χ0v) is 11.5. The van der Waals surface area contributed by atoms with Crippen LogP contribution in [0.5, 0.6) is 0 Å². The van der Waals surface area contributed by atoms with E-state index in [1.54, 1.807) is 0 Å². The van der Waals surface area contributed by atoms with Gasteiger partial charge in [0.2, 0.25) is 5.91 Å². The number of amides is 1. The van der Waals surface area contributed by atoms with E-state index in [-0.39, 0.29) is 5.56 Å². The molecule has 0 heterocycles. The highest BCUT2D eigenvalue weighted by Gasteiger charge is 2.35. The van der Waals surface area contributed by atoms with Gasteiger partial charge in [-0.3, -0.25) is 4.79 Å². The molecule has 120 valence electrons. The highest BCUT2D eigenvalue weighted by atomic mass is 19.4. The van der Waals surface area contributed by atoms with E-state index >= 15 is 0 Å². The van der Waals surface area contributed by atoms with Crippen LogP contribution < -0.4 is 5.32 Å². The van der Waals surface area contributed by atoms with Crippen molar-refractivity contribution >= 4 is 11.9 Å². The van der Waals surface area contributed by atoms with Crippen molar-refractivity contribution in [1.29, 1.82) is 0 Å². The summed E-state index contributed by atoms with van der Waals surface area (Å²) in [6, 6.07) is 1.38. The Morgan fingerprint density at radius 3 is 2.55 bits per heavy atom. The molecule has 0 fully saturated rings. The topological polar surface area (TPSA) is 55.4 Å². The first-order chi connectivity index (χ1) is 10.2. The smallest absolute Gasteiger partial charge is 0.419 e. The Morgan fingerprint density at radius 1 is 1.41 bits per heavy atom. The van der Waals surface area contributed by atoms with Crippen LogP contribution in [0.2, 0.25) is 0 Å². The van der Waals surface area contributed by atoms with Gasteiger partial charge in [0.05, 0.1) is 12.7 Å². The second-order valence-corrected chi connectivity index (χ2v) is 4.27. The number of alkyl halides is 3. The Kier molecular flexibility index (Phi) is 5.67. The van der Waals surface area contributed by atoms with Crippen molar-refractivity contribution in [3.63, 3.8) is 0 Å². The number of rotatable bonds is 5. The van der Waals surface area contributed by atoms with E-state index in [0.29, 0.717) is 6.07 Å². The lowest BCUT2D eigenvalue weighted by molar-refractivity contribution is -0.144. The van der Waals surface area contributed by atoms with Gasteiger partial charge in [0, 0.05) is 6.42 Å². The number of nitrogens with one attached hydrogen (secondary N) is 1. The molecule has 0 aliphatic rings. The summed E-state index contributed by atoms with van der Waals surface area (Å²) in [6.07, 6.45) is -4.47.